The number of rotatable bonds is 7. The first-order valence-corrected chi connectivity index (χ1v) is 10.7. The van der Waals surface area contributed by atoms with E-state index < -0.39 is 20.4 Å². The molecule has 146 valence electrons. The van der Waals surface area contributed by atoms with E-state index in [-0.39, 0.29) is 4.90 Å². The summed E-state index contributed by atoms with van der Waals surface area (Å²) in [7, 11) is -2.31. The minimum atomic E-state index is -3.86. The third-order valence-corrected chi connectivity index (χ3v) is 6.61. The van der Waals surface area contributed by atoms with Crippen LogP contribution in [0.3, 0.4) is 0 Å². The average Bonchev–Trinajstić information content (AvgIpc) is 2.73. The molecule has 3 aromatic rings. The van der Waals surface area contributed by atoms with Gasteiger partial charge in [0.05, 0.1) is 18.0 Å². The van der Waals surface area contributed by atoms with Crippen molar-refractivity contribution < 1.29 is 13.2 Å². The lowest BCUT2D eigenvalue weighted by atomic mass is 9.98. The third kappa shape index (κ3) is 4.50. The fourth-order valence-corrected chi connectivity index (χ4v) is 4.81. The van der Waals surface area contributed by atoms with E-state index in [1.165, 1.54) is 12.1 Å². The molecular formula is C21H19Cl2NO3S. The van der Waals surface area contributed by atoms with Crippen LogP contribution in [0.1, 0.15) is 17.2 Å². The van der Waals surface area contributed by atoms with Gasteiger partial charge in [-0.25, -0.2) is 13.1 Å². The fourth-order valence-electron chi connectivity index (χ4n) is 2.80. The van der Waals surface area contributed by atoms with E-state index in [0.717, 1.165) is 0 Å². The lowest BCUT2D eigenvalue weighted by molar-refractivity contribution is 0.414. The number of nitrogens with one attached hydrogen (secondary N) is 1. The molecule has 0 radical (unpaired) electrons. The summed E-state index contributed by atoms with van der Waals surface area (Å²) >= 11 is 13.5. The van der Waals surface area contributed by atoms with Crippen molar-refractivity contribution in [1.29, 1.82) is 0 Å². The lowest BCUT2D eigenvalue weighted by Gasteiger charge is -2.31. The van der Waals surface area contributed by atoms with Gasteiger partial charge >= 0.3 is 0 Å². The van der Waals surface area contributed by atoms with Gasteiger partial charge in [-0.1, -0.05) is 83.9 Å². The summed E-state index contributed by atoms with van der Waals surface area (Å²) in [5.41, 5.74) is 1.18. The minimum absolute atomic E-state index is 0.130. The highest BCUT2D eigenvalue weighted by molar-refractivity contribution is 7.89. The SMILES string of the molecule is COc1ccc(C(NS(=O)(=O)c2ccccc2)C(Cl)(Cl)c2ccccc2)cc1. The molecule has 0 amide bonds. The quantitative estimate of drug-likeness (QED) is 0.528. The average molecular weight is 436 g/mol. The molecule has 1 atom stereocenters. The van der Waals surface area contributed by atoms with Crippen LogP contribution in [0.15, 0.2) is 89.8 Å². The summed E-state index contributed by atoms with van der Waals surface area (Å²) in [6.07, 6.45) is 0. The van der Waals surface area contributed by atoms with Crippen LogP contribution in [-0.2, 0) is 14.4 Å². The first-order valence-electron chi connectivity index (χ1n) is 8.49. The Balaban J connectivity index is 2.06. The van der Waals surface area contributed by atoms with Gasteiger partial charge in [-0.05, 0) is 35.4 Å². The van der Waals surface area contributed by atoms with Crippen molar-refractivity contribution in [3.63, 3.8) is 0 Å². The Morgan fingerprint density at radius 1 is 0.857 bits per heavy atom. The van der Waals surface area contributed by atoms with Gasteiger partial charge < -0.3 is 4.74 Å². The van der Waals surface area contributed by atoms with E-state index in [4.69, 9.17) is 27.9 Å². The molecule has 0 bridgehead atoms. The van der Waals surface area contributed by atoms with Crippen molar-refractivity contribution in [2.24, 2.45) is 0 Å². The first-order chi connectivity index (χ1) is 13.3. The van der Waals surface area contributed by atoms with Gasteiger partial charge in [-0.15, -0.1) is 0 Å². The monoisotopic (exact) mass is 435 g/mol. The van der Waals surface area contributed by atoms with Gasteiger partial charge in [0.2, 0.25) is 10.0 Å². The summed E-state index contributed by atoms with van der Waals surface area (Å²) in [5.74, 6) is 0.642. The summed E-state index contributed by atoms with van der Waals surface area (Å²) in [6, 6.07) is 23.0. The molecule has 0 aliphatic rings. The van der Waals surface area contributed by atoms with Crippen LogP contribution < -0.4 is 9.46 Å². The van der Waals surface area contributed by atoms with E-state index in [2.05, 4.69) is 4.72 Å². The second kappa shape index (κ2) is 8.53. The van der Waals surface area contributed by atoms with Crippen LogP contribution in [0.2, 0.25) is 0 Å². The number of methoxy groups -OCH3 is 1. The number of sulfonamides is 1. The molecular weight excluding hydrogens is 417 g/mol. The molecule has 0 aromatic heterocycles. The van der Waals surface area contributed by atoms with Crippen LogP contribution in [0.4, 0.5) is 0 Å². The zero-order valence-electron chi connectivity index (χ0n) is 15.0. The predicted molar refractivity (Wildman–Crippen MR) is 112 cm³/mol. The van der Waals surface area contributed by atoms with Crippen LogP contribution in [0.5, 0.6) is 5.75 Å². The second-order valence-electron chi connectivity index (χ2n) is 6.13. The molecule has 0 saturated heterocycles. The summed E-state index contributed by atoms with van der Waals surface area (Å²) in [6.45, 7) is 0. The molecule has 0 heterocycles. The maximum atomic E-state index is 13.0. The Morgan fingerprint density at radius 3 is 1.93 bits per heavy atom. The maximum Gasteiger partial charge on any atom is 0.241 e. The molecule has 28 heavy (non-hydrogen) atoms. The number of benzene rings is 3. The standard InChI is InChI=1S/C21H19Cl2NO3S/c1-27-18-14-12-16(13-15-18)20(21(22,23)17-8-4-2-5-9-17)24-28(25,26)19-10-6-3-7-11-19/h2-15,20,24H,1H3. The molecule has 0 aliphatic heterocycles. The van der Waals surface area contributed by atoms with Crippen molar-refractivity contribution >= 4 is 33.2 Å². The summed E-state index contributed by atoms with van der Waals surface area (Å²) < 4.78 is 32.2. The van der Waals surface area contributed by atoms with E-state index in [0.29, 0.717) is 16.9 Å². The summed E-state index contributed by atoms with van der Waals surface area (Å²) in [5, 5.41) is 0. The lowest BCUT2D eigenvalue weighted by Crippen LogP contribution is -2.38. The van der Waals surface area contributed by atoms with Crippen molar-refractivity contribution in [1.82, 2.24) is 4.72 Å². The first kappa shape index (κ1) is 20.7. The molecule has 1 unspecified atom stereocenters. The minimum Gasteiger partial charge on any atom is -0.497 e. The normalized spacial score (nSPS) is 13.1. The number of alkyl halides is 2. The van der Waals surface area contributed by atoms with Crippen LogP contribution in [0.25, 0.3) is 0 Å². The number of halogens is 2. The van der Waals surface area contributed by atoms with E-state index in [1.807, 2.05) is 6.07 Å². The van der Waals surface area contributed by atoms with E-state index >= 15 is 0 Å². The van der Waals surface area contributed by atoms with Gasteiger partial charge in [0.25, 0.3) is 0 Å². The van der Waals surface area contributed by atoms with E-state index in [1.54, 1.807) is 73.8 Å². The number of hydrogen-bond acceptors (Lipinski definition) is 3. The van der Waals surface area contributed by atoms with E-state index in [9.17, 15) is 8.42 Å². The maximum absolute atomic E-state index is 13.0. The molecule has 3 rings (SSSR count). The Morgan fingerprint density at radius 2 is 1.39 bits per heavy atom. The number of hydrogen-bond donors (Lipinski definition) is 1. The molecule has 0 aliphatic carbocycles. The molecule has 3 aromatic carbocycles. The van der Waals surface area contributed by atoms with Crippen LogP contribution >= 0.6 is 23.2 Å². The molecule has 7 heteroatoms. The molecule has 4 nitrogen and oxygen atoms in total. The van der Waals surface area contributed by atoms with Crippen molar-refractivity contribution in [3.05, 3.63) is 96.1 Å². The molecule has 1 N–H and O–H groups in total. The van der Waals surface area contributed by atoms with Gasteiger partial charge in [-0.2, -0.15) is 0 Å². The Labute approximate surface area is 175 Å². The van der Waals surface area contributed by atoms with Gasteiger partial charge in [-0.3, -0.25) is 0 Å². The van der Waals surface area contributed by atoms with Crippen molar-refractivity contribution in [2.75, 3.05) is 7.11 Å². The topological polar surface area (TPSA) is 55.4 Å². The highest BCUT2D eigenvalue weighted by atomic mass is 35.5. The van der Waals surface area contributed by atoms with Gasteiger partial charge in [0.15, 0.2) is 4.33 Å². The van der Waals surface area contributed by atoms with Gasteiger partial charge in [0, 0.05) is 0 Å². The van der Waals surface area contributed by atoms with Crippen molar-refractivity contribution in [2.45, 2.75) is 15.3 Å². The second-order valence-corrected chi connectivity index (χ2v) is 9.23. The third-order valence-electron chi connectivity index (χ3n) is 4.30. The Hall–Kier alpha value is -2.05. The zero-order valence-corrected chi connectivity index (χ0v) is 17.4. The molecule has 0 fully saturated rings. The molecule has 0 spiro atoms. The summed E-state index contributed by atoms with van der Waals surface area (Å²) in [4.78, 5) is 0.130. The highest BCUT2D eigenvalue weighted by Crippen LogP contribution is 2.46. The largest absolute Gasteiger partial charge is 0.497 e. The molecule has 0 saturated carbocycles. The predicted octanol–water partition coefficient (Wildman–Crippen LogP) is 5.05. The Bertz CT molecular complexity index is 1010. The van der Waals surface area contributed by atoms with Crippen LogP contribution in [-0.4, -0.2) is 15.5 Å². The Kier molecular flexibility index (Phi) is 6.30. The van der Waals surface area contributed by atoms with Gasteiger partial charge in [0.1, 0.15) is 5.75 Å². The van der Waals surface area contributed by atoms with Crippen molar-refractivity contribution in [3.8, 4) is 5.75 Å². The number of ether oxygens (including phenoxy) is 1. The fraction of sp³-hybridized carbons (Fsp3) is 0.143. The highest BCUT2D eigenvalue weighted by Gasteiger charge is 2.40. The van der Waals surface area contributed by atoms with Crippen LogP contribution in [0, 0.1) is 0 Å². The smallest absolute Gasteiger partial charge is 0.241 e. The zero-order chi connectivity index (χ0) is 20.2.